The first-order chi connectivity index (χ1) is 9.13. The van der Waals surface area contributed by atoms with E-state index >= 15 is 0 Å². The first kappa shape index (κ1) is 13.4. The van der Waals surface area contributed by atoms with Gasteiger partial charge in [-0.3, -0.25) is 10.1 Å². The molecule has 0 unspecified atom stereocenters. The number of aliphatic imine (C=N–C) groups is 1. The second-order valence-corrected chi connectivity index (χ2v) is 4.66. The van der Waals surface area contributed by atoms with Gasteiger partial charge in [-0.1, -0.05) is 11.8 Å². The lowest BCUT2D eigenvalue weighted by molar-refractivity contribution is -0.116. The van der Waals surface area contributed by atoms with Crippen molar-refractivity contribution in [2.24, 2.45) is 4.99 Å². The average molecular weight is 278 g/mol. The van der Waals surface area contributed by atoms with Gasteiger partial charge in [-0.2, -0.15) is 5.26 Å². The fourth-order valence-corrected chi connectivity index (χ4v) is 2.13. The first-order valence-electron chi connectivity index (χ1n) is 5.54. The second kappa shape index (κ2) is 5.71. The number of carbonyl (C=O) groups excluding carboxylic acids is 1. The highest BCUT2D eigenvalue weighted by Gasteiger charge is 2.19. The molecular formula is C12H11FN4OS. The van der Waals surface area contributed by atoms with Crippen molar-refractivity contribution in [1.82, 2.24) is 5.32 Å². The van der Waals surface area contributed by atoms with Crippen LogP contribution in [0, 0.1) is 17.3 Å². The number of rotatable bonds is 1. The number of fused-ring (bicyclic) bond motifs is 1. The zero-order valence-corrected chi connectivity index (χ0v) is 11.0. The summed E-state index contributed by atoms with van der Waals surface area (Å²) in [6, 6.07) is 2.95. The van der Waals surface area contributed by atoms with Gasteiger partial charge in [0.05, 0.1) is 11.4 Å². The molecule has 0 aromatic heterocycles. The molecule has 2 rings (SSSR count). The molecule has 1 aliphatic rings. The number of carbonyl (C=O) groups is 1. The second-order valence-electron chi connectivity index (χ2n) is 3.87. The van der Waals surface area contributed by atoms with Crippen molar-refractivity contribution in [2.45, 2.75) is 12.8 Å². The fourth-order valence-electron chi connectivity index (χ4n) is 1.79. The average Bonchev–Trinajstić information content (AvgIpc) is 2.39. The number of nitrogens with one attached hydrogen (secondary N) is 2. The van der Waals surface area contributed by atoms with E-state index in [1.54, 1.807) is 18.5 Å². The lowest BCUT2D eigenvalue weighted by Gasteiger charge is -2.17. The lowest BCUT2D eigenvalue weighted by Crippen LogP contribution is -2.20. The maximum atomic E-state index is 13.9. The number of nitriles is 1. The molecule has 1 aliphatic heterocycles. The molecule has 0 atom stereocenters. The molecule has 0 aliphatic carbocycles. The molecule has 0 radical (unpaired) electrons. The van der Waals surface area contributed by atoms with Crippen LogP contribution in [0.2, 0.25) is 0 Å². The van der Waals surface area contributed by atoms with Crippen LogP contribution >= 0.6 is 11.8 Å². The van der Waals surface area contributed by atoms with E-state index in [2.05, 4.69) is 15.6 Å². The summed E-state index contributed by atoms with van der Waals surface area (Å²) in [4.78, 5) is 15.4. The SMILES string of the molecule is CSC(=Nc1cc(F)c2c(c1)CCC(=O)N2)NC#N. The van der Waals surface area contributed by atoms with Crippen molar-refractivity contribution in [2.75, 3.05) is 11.6 Å². The molecule has 0 saturated carbocycles. The highest BCUT2D eigenvalue weighted by atomic mass is 32.2. The highest BCUT2D eigenvalue weighted by molar-refractivity contribution is 8.13. The minimum absolute atomic E-state index is 0.182. The molecule has 0 saturated heterocycles. The van der Waals surface area contributed by atoms with Crippen LogP contribution in [0.5, 0.6) is 0 Å². The monoisotopic (exact) mass is 278 g/mol. The summed E-state index contributed by atoms with van der Waals surface area (Å²) in [5.74, 6) is -0.694. The Hall–Kier alpha value is -2.07. The number of amides is 1. The van der Waals surface area contributed by atoms with Crippen molar-refractivity contribution < 1.29 is 9.18 Å². The molecule has 0 fully saturated rings. The molecule has 1 heterocycles. The number of hydrogen-bond acceptors (Lipinski definition) is 4. The van der Waals surface area contributed by atoms with Crippen LogP contribution in [0.1, 0.15) is 12.0 Å². The third-order valence-corrected chi connectivity index (χ3v) is 3.21. The van der Waals surface area contributed by atoms with Crippen LogP contribution in [-0.2, 0) is 11.2 Å². The predicted molar refractivity (Wildman–Crippen MR) is 72.7 cm³/mol. The first-order valence-corrected chi connectivity index (χ1v) is 6.76. The van der Waals surface area contributed by atoms with Gasteiger partial charge in [0.25, 0.3) is 0 Å². The van der Waals surface area contributed by atoms with Crippen molar-refractivity contribution in [3.05, 3.63) is 23.5 Å². The van der Waals surface area contributed by atoms with Gasteiger partial charge < -0.3 is 5.32 Å². The molecule has 1 aromatic rings. The number of hydrogen-bond donors (Lipinski definition) is 2. The molecule has 0 bridgehead atoms. The fraction of sp³-hybridized carbons (Fsp3) is 0.250. The van der Waals surface area contributed by atoms with E-state index in [-0.39, 0.29) is 11.6 Å². The van der Waals surface area contributed by atoms with E-state index in [4.69, 9.17) is 5.26 Å². The molecule has 7 heteroatoms. The van der Waals surface area contributed by atoms with Crippen molar-refractivity contribution in [1.29, 1.82) is 5.26 Å². The van der Waals surface area contributed by atoms with E-state index in [9.17, 15) is 9.18 Å². The normalized spacial score (nSPS) is 14.4. The molecule has 2 N–H and O–H groups in total. The smallest absolute Gasteiger partial charge is 0.224 e. The van der Waals surface area contributed by atoms with Gasteiger partial charge in [0.2, 0.25) is 5.91 Å². The quantitative estimate of drug-likeness (QED) is 0.357. The van der Waals surface area contributed by atoms with Gasteiger partial charge in [0.15, 0.2) is 11.4 Å². The largest absolute Gasteiger partial charge is 0.323 e. The molecule has 1 aromatic carbocycles. The van der Waals surface area contributed by atoms with E-state index < -0.39 is 5.82 Å². The van der Waals surface area contributed by atoms with E-state index in [0.717, 1.165) is 5.56 Å². The van der Waals surface area contributed by atoms with Crippen molar-refractivity contribution >= 4 is 34.2 Å². The summed E-state index contributed by atoms with van der Waals surface area (Å²) in [6.07, 6.45) is 4.36. The van der Waals surface area contributed by atoms with E-state index in [1.165, 1.54) is 17.8 Å². The number of benzene rings is 1. The highest BCUT2D eigenvalue weighted by Crippen LogP contribution is 2.30. The Morgan fingerprint density at radius 2 is 2.37 bits per heavy atom. The molecule has 0 spiro atoms. The Morgan fingerprint density at radius 3 is 3.05 bits per heavy atom. The van der Waals surface area contributed by atoms with Crippen LogP contribution in [0.4, 0.5) is 15.8 Å². The van der Waals surface area contributed by atoms with Gasteiger partial charge in [-0.05, 0) is 24.3 Å². The number of nitrogens with zero attached hydrogens (tertiary/aromatic N) is 2. The number of anilines is 1. The van der Waals surface area contributed by atoms with Crippen molar-refractivity contribution in [3.63, 3.8) is 0 Å². The van der Waals surface area contributed by atoms with Gasteiger partial charge in [-0.25, -0.2) is 9.38 Å². The third kappa shape index (κ3) is 3.03. The van der Waals surface area contributed by atoms with Crippen LogP contribution in [0.3, 0.4) is 0 Å². The summed E-state index contributed by atoms with van der Waals surface area (Å²) in [6.45, 7) is 0. The lowest BCUT2D eigenvalue weighted by atomic mass is 10.0. The Morgan fingerprint density at radius 1 is 1.58 bits per heavy atom. The zero-order chi connectivity index (χ0) is 13.8. The van der Waals surface area contributed by atoms with E-state index in [1.807, 2.05) is 0 Å². The van der Waals surface area contributed by atoms with Gasteiger partial charge in [0, 0.05) is 12.5 Å². The number of halogens is 1. The van der Waals surface area contributed by atoms with Gasteiger partial charge in [0.1, 0.15) is 5.82 Å². The summed E-state index contributed by atoms with van der Waals surface area (Å²) in [7, 11) is 0. The van der Waals surface area contributed by atoms with Gasteiger partial charge >= 0.3 is 0 Å². The molecular weight excluding hydrogens is 267 g/mol. The minimum Gasteiger partial charge on any atom is -0.323 e. The summed E-state index contributed by atoms with van der Waals surface area (Å²) < 4.78 is 13.9. The minimum atomic E-state index is -0.512. The Kier molecular flexibility index (Phi) is 4.02. The summed E-state index contributed by atoms with van der Waals surface area (Å²) in [5.41, 5.74) is 1.37. The molecule has 98 valence electrons. The molecule has 5 nitrogen and oxygen atoms in total. The van der Waals surface area contributed by atoms with Crippen LogP contribution in [0.25, 0.3) is 0 Å². The van der Waals surface area contributed by atoms with Crippen LogP contribution in [-0.4, -0.2) is 17.3 Å². The van der Waals surface area contributed by atoms with E-state index in [0.29, 0.717) is 23.7 Å². The van der Waals surface area contributed by atoms with Crippen LogP contribution in [0.15, 0.2) is 17.1 Å². The zero-order valence-electron chi connectivity index (χ0n) is 10.2. The number of thioether (sulfide) groups is 1. The maximum Gasteiger partial charge on any atom is 0.224 e. The third-order valence-electron chi connectivity index (χ3n) is 2.63. The molecule has 1 amide bonds. The topological polar surface area (TPSA) is 77.3 Å². The maximum absolute atomic E-state index is 13.9. The summed E-state index contributed by atoms with van der Waals surface area (Å²) in [5, 5.41) is 13.9. The van der Waals surface area contributed by atoms with Gasteiger partial charge in [-0.15, -0.1) is 0 Å². The predicted octanol–water partition coefficient (Wildman–Crippen LogP) is 2.13. The summed E-state index contributed by atoms with van der Waals surface area (Å²) >= 11 is 1.26. The Labute approximate surface area is 113 Å². The Balaban J connectivity index is 2.37. The standard InChI is InChI=1S/C12H11FN4OS/c1-19-12(15-6-14)16-8-4-7-2-3-10(18)17-11(7)9(13)5-8/h4-5H,2-3H2,1H3,(H,15,16)(H,17,18). The molecule has 19 heavy (non-hydrogen) atoms. The number of amidine groups is 1. The number of aryl methyl sites for hydroxylation is 1. The van der Waals surface area contributed by atoms with Crippen LogP contribution < -0.4 is 10.6 Å². The Bertz CT molecular complexity index is 594. The van der Waals surface area contributed by atoms with Crippen molar-refractivity contribution in [3.8, 4) is 6.19 Å².